The van der Waals surface area contributed by atoms with Gasteiger partial charge in [0.2, 0.25) is 5.91 Å². The number of nitrogens with two attached hydrogens (primary N) is 1. The van der Waals surface area contributed by atoms with Gasteiger partial charge >= 0.3 is 0 Å². The second-order valence-electron chi connectivity index (χ2n) is 5.51. The number of nitrogens with zero attached hydrogens (tertiary/aromatic N) is 1. The molecule has 1 aromatic rings. The van der Waals surface area contributed by atoms with Crippen LogP contribution in [0.4, 0.5) is 5.69 Å². The van der Waals surface area contributed by atoms with Gasteiger partial charge in [-0.15, -0.1) is 0 Å². The van der Waals surface area contributed by atoms with E-state index in [1.54, 1.807) is 29.2 Å². The quantitative estimate of drug-likeness (QED) is 0.828. The van der Waals surface area contributed by atoms with Crippen LogP contribution in [0.3, 0.4) is 0 Å². The fourth-order valence-electron chi connectivity index (χ4n) is 2.62. The molecule has 0 saturated carbocycles. The fourth-order valence-corrected chi connectivity index (χ4v) is 2.62. The van der Waals surface area contributed by atoms with Gasteiger partial charge in [-0.05, 0) is 37.5 Å². The van der Waals surface area contributed by atoms with E-state index in [0.717, 1.165) is 19.3 Å². The number of nitrogens with one attached hydrogen (secondary N) is 1. The number of carbonyl (C=O) groups is 2. The van der Waals surface area contributed by atoms with Crippen LogP contribution >= 0.6 is 0 Å². The van der Waals surface area contributed by atoms with Gasteiger partial charge in [-0.2, -0.15) is 0 Å². The van der Waals surface area contributed by atoms with Gasteiger partial charge in [-0.3, -0.25) is 9.59 Å². The molecule has 2 rings (SSSR count). The lowest BCUT2D eigenvalue weighted by Crippen LogP contribution is -2.45. The van der Waals surface area contributed by atoms with Crippen molar-refractivity contribution in [3.63, 3.8) is 0 Å². The third kappa shape index (κ3) is 3.97. The summed E-state index contributed by atoms with van der Waals surface area (Å²) in [6.07, 6.45) is 2.62. The van der Waals surface area contributed by atoms with Crippen molar-refractivity contribution in [1.82, 2.24) is 10.2 Å². The third-order valence-electron chi connectivity index (χ3n) is 3.76. The number of rotatable bonds is 4. The number of amides is 2. The molecular formula is C16H23N3O2. The minimum atomic E-state index is -0.102. The standard InChI is InChI=1S/C16H23N3O2/c1-2-8-18-15(20)13-6-4-9-19(11-13)16(21)12-5-3-7-14(17)10-12/h3,5,7,10,13H,2,4,6,8-9,11,17H2,1H3,(H,18,20). The Labute approximate surface area is 125 Å². The SMILES string of the molecule is CCCNC(=O)C1CCCN(C(=O)c2cccc(N)c2)C1. The summed E-state index contributed by atoms with van der Waals surface area (Å²) in [6, 6.07) is 6.98. The lowest BCUT2D eigenvalue weighted by molar-refractivity contribution is -0.126. The molecule has 1 heterocycles. The highest BCUT2D eigenvalue weighted by atomic mass is 16.2. The van der Waals surface area contributed by atoms with Gasteiger partial charge in [0.05, 0.1) is 5.92 Å². The molecule has 0 spiro atoms. The van der Waals surface area contributed by atoms with Gasteiger partial charge in [0, 0.05) is 30.9 Å². The molecule has 0 radical (unpaired) electrons. The third-order valence-corrected chi connectivity index (χ3v) is 3.76. The second kappa shape index (κ2) is 7.11. The van der Waals surface area contributed by atoms with E-state index < -0.39 is 0 Å². The monoisotopic (exact) mass is 289 g/mol. The van der Waals surface area contributed by atoms with Crippen molar-refractivity contribution in [2.75, 3.05) is 25.4 Å². The van der Waals surface area contributed by atoms with E-state index in [1.165, 1.54) is 0 Å². The molecule has 0 aromatic heterocycles. The molecule has 1 aliphatic heterocycles. The highest BCUT2D eigenvalue weighted by Crippen LogP contribution is 2.19. The first-order valence-corrected chi connectivity index (χ1v) is 7.54. The maximum Gasteiger partial charge on any atom is 0.253 e. The van der Waals surface area contributed by atoms with Crippen molar-refractivity contribution in [2.24, 2.45) is 5.92 Å². The van der Waals surface area contributed by atoms with Crippen LogP contribution in [0.25, 0.3) is 0 Å². The smallest absolute Gasteiger partial charge is 0.253 e. The van der Waals surface area contributed by atoms with Crippen molar-refractivity contribution in [3.05, 3.63) is 29.8 Å². The molecule has 21 heavy (non-hydrogen) atoms. The Bertz CT molecular complexity index is 516. The highest BCUT2D eigenvalue weighted by Gasteiger charge is 2.28. The molecule has 1 aromatic carbocycles. The summed E-state index contributed by atoms with van der Waals surface area (Å²) in [7, 11) is 0. The van der Waals surface area contributed by atoms with Crippen LogP contribution in [0.1, 0.15) is 36.5 Å². The van der Waals surface area contributed by atoms with Crippen molar-refractivity contribution in [2.45, 2.75) is 26.2 Å². The summed E-state index contributed by atoms with van der Waals surface area (Å²) in [5.74, 6) is -0.0903. The maximum absolute atomic E-state index is 12.5. The van der Waals surface area contributed by atoms with Crippen LogP contribution in [0.15, 0.2) is 24.3 Å². The van der Waals surface area contributed by atoms with Crippen LogP contribution in [0.5, 0.6) is 0 Å². The minimum absolute atomic E-state index is 0.0460. The number of piperidine rings is 1. The number of likely N-dealkylation sites (tertiary alicyclic amines) is 1. The number of anilines is 1. The molecule has 5 nitrogen and oxygen atoms in total. The van der Waals surface area contributed by atoms with E-state index >= 15 is 0 Å². The first-order chi connectivity index (χ1) is 10.1. The number of carbonyl (C=O) groups excluding carboxylic acids is 2. The molecule has 0 aliphatic carbocycles. The summed E-state index contributed by atoms with van der Waals surface area (Å²) < 4.78 is 0. The average Bonchev–Trinajstić information content (AvgIpc) is 2.52. The van der Waals surface area contributed by atoms with Crippen LogP contribution in [-0.2, 0) is 4.79 Å². The Morgan fingerprint density at radius 2 is 2.24 bits per heavy atom. The van der Waals surface area contributed by atoms with E-state index in [2.05, 4.69) is 5.32 Å². The fraction of sp³-hybridized carbons (Fsp3) is 0.500. The zero-order chi connectivity index (χ0) is 15.2. The van der Waals surface area contributed by atoms with E-state index in [9.17, 15) is 9.59 Å². The molecule has 3 N–H and O–H groups in total. The van der Waals surface area contributed by atoms with Crippen molar-refractivity contribution >= 4 is 17.5 Å². The van der Waals surface area contributed by atoms with E-state index in [0.29, 0.717) is 30.9 Å². The maximum atomic E-state index is 12.5. The Morgan fingerprint density at radius 3 is 2.95 bits per heavy atom. The summed E-state index contributed by atoms with van der Waals surface area (Å²) in [5.41, 5.74) is 6.89. The van der Waals surface area contributed by atoms with E-state index in [-0.39, 0.29) is 17.7 Å². The topological polar surface area (TPSA) is 75.4 Å². The lowest BCUT2D eigenvalue weighted by atomic mass is 9.96. The number of hydrogen-bond donors (Lipinski definition) is 2. The molecule has 114 valence electrons. The lowest BCUT2D eigenvalue weighted by Gasteiger charge is -2.32. The van der Waals surface area contributed by atoms with Gasteiger partial charge in [-0.25, -0.2) is 0 Å². The first-order valence-electron chi connectivity index (χ1n) is 7.54. The molecule has 1 fully saturated rings. The van der Waals surface area contributed by atoms with E-state index in [4.69, 9.17) is 5.73 Å². The average molecular weight is 289 g/mol. The molecule has 2 amide bonds. The molecule has 5 heteroatoms. The zero-order valence-electron chi connectivity index (χ0n) is 12.5. The Morgan fingerprint density at radius 1 is 1.43 bits per heavy atom. The Hall–Kier alpha value is -2.04. The number of benzene rings is 1. The predicted octanol–water partition coefficient (Wildman–Crippen LogP) is 1.65. The summed E-state index contributed by atoms with van der Waals surface area (Å²) in [4.78, 5) is 26.3. The molecular weight excluding hydrogens is 266 g/mol. The molecule has 1 unspecified atom stereocenters. The zero-order valence-corrected chi connectivity index (χ0v) is 12.5. The normalized spacial score (nSPS) is 18.3. The van der Waals surface area contributed by atoms with E-state index in [1.807, 2.05) is 6.92 Å². The largest absolute Gasteiger partial charge is 0.399 e. The van der Waals surface area contributed by atoms with Crippen LogP contribution in [0.2, 0.25) is 0 Å². The first kappa shape index (κ1) is 15.4. The summed E-state index contributed by atoms with van der Waals surface area (Å²) in [5, 5.41) is 2.91. The summed E-state index contributed by atoms with van der Waals surface area (Å²) >= 11 is 0. The van der Waals surface area contributed by atoms with Gasteiger partial charge in [0.25, 0.3) is 5.91 Å². The van der Waals surface area contributed by atoms with Gasteiger partial charge < -0.3 is 16.0 Å². The van der Waals surface area contributed by atoms with Gasteiger partial charge in [-0.1, -0.05) is 13.0 Å². The van der Waals surface area contributed by atoms with Crippen LogP contribution in [0, 0.1) is 5.92 Å². The Balaban J connectivity index is 2.00. The minimum Gasteiger partial charge on any atom is -0.399 e. The van der Waals surface area contributed by atoms with Crippen molar-refractivity contribution < 1.29 is 9.59 Å². The second-order valence-corrected chi connectivity index (χ2v) is 5.51. The van der Waals surface area contributed by atoms with Gasteiger partial charge in [0.1, 0.15) is 0 Å². The number of hydrogen-bond acceptors (Lipinski definition) is 3. The molecule has 1 saturated heterocycles. The van der Waals surface area contributed by atoms with Crippen LogP contribution < -0.4 is 11.1 Å². The van der Waals surface area contributed by atoms with Crippen molar-refractivity contribution in [3.8, 4) is 0 Å². The predicted molar refractivity (Wildman–Crippen MR) is 82.8 cm³/mol. The number of nitrogen functional groups attached to an aromatic ring is 1. The van der Waals surface area contributed by atoms with Crippen LogP contribution in [-0.4, -0.2) is 36.3 Å². The molecule has 0 bridgehead atoms. The Kier molecular flexibility index (Phi) is 5.20. The summed E-state index contributed by atoms with van der Waals surface area (Å²) in [6.45, 7) is 3.91. The molecule has 1 aliphatic rings. The highest BCUT2D eigenvalue weighted by molar-refractivity contribution is 5.95. The molecule has 1 atom stereocenters. The van der Waals surface area contributed by atoms with Gasteiger partial charge in [0.15, 0.2) is 0 Å². The van der Waals surface area contributed by atoms with Crippen molar-refractivity contribution in [1.29, 1.82) is 0 Å².